The van der Waals surface area contributed by atoms with E-state index in [0.717, 1.165) is 24.0 Å². The molecule has 1 atom stereocenters. The van der Waals surface area contributed by atoms with E-state index in [-0.39, 0.29) is 11.8 Å². The molecule has 1 unspecified atom stereocenters. The van der Waals surface area contributed by atoms with E-state index in [1.165, 1.54) is 5.56 Å². The van der Waals surface area contributed by atoms with Gasteiger partial charge in [-0.15, -0.1) is 0 Å². The third-order valence-electron chi connectivity index (χ3n) is 4.04. The van der Waals surface area contributed by atoms with Crippen molar-refractivity contribution < 1.29 is 4.79 Å². The lowest BCUT2D eigenvalue weighted by Gasteiger charge is -2.18. The second kappa shape index (κ2) is 7.05. The van der Waals surface area contributed by atoms with Crippen LogP contribution < -0.4 is 0 Å². The summed E-state index contributed by atoms with van der Waals surface area (Å²) in [4.78, 5) is 16.6. The van der Waals surface area contributed by atoms with E-state index in [2.05, 4.69) is 28.6 Å². The number of imidazole rings is 1. The standard InChI is InChI=1S/C20H20N2O/c1-2-6-19(22-14-13-21-15-22)16-9-11-18(12-10-16)20(23)17-7-4-3-5-8-17/h3-5,7-15,19H,2,6H2,1H3. The van der Waals surface area contributed by atoms with Crippen LogP contribution in [0.2, 0.25) is 0 Å². The summed E-state index contributed by atoms with van der Waals surface area (Å²) < 4.78 is 2.12. The Labute approximate surface area is 136 Å². The molecule has 116 valence electrons. The number of ketones is 1. The number of aromatic nitrogens is 2. The van der Waals surface area contributed by atoms with Crippen LogP contribution in [0.25, 0.3) is 0 Å². The van der Waals surface area contributed by atoms with Crippen molar-refractivity contribution in [3.63, 3.8) is 0 Å². The van der Waals surface area contributed by atoms with Crippen LogP contribution in [0, 0.1) is 0 Å². The molecule has 0 saturated heterocycles. The largest absolute Gasteiger partial charge is 0.330 e. The van der Waals surface area contributed by atoms with Crippen molar-refractivity contribution in [3.05, 3.63) is 90.0 Å². The Morgan fingerprint density at radius 1 is 1.04 bits per heavy atom. The highest BCUT2D eigenvalue weighted by Crippen LogP contribution is 2.24. The minimum atomic E-state index is 0.0619. The molecule has 0 fully saturated rings. The number of carbonyl (C=O) groups excluding carboxylic acids is 1. The Kier molecular flexibility index (Phi) is 4.67. The number of rotatable bonds is 6. The van der Waals surface area contributed by atoms with Gasteiger partial charge in [0.15, 0.2) is 5.78 Å². The molecule has 0 bridgehead atoms. The van der Waals surface area contributed by atoms with Gasteiger partial charge in [0.2, 0.25) is 0 Å². The fraction of sp³-hybridized carbons (Fsp3) is 0.200. The first-order valence-corrected chi connectivity index (χ1v) is 7.96. The predicted octanol–water partition coefficient (Wildman–Crippen LogP) is 4.50. The van der Waals surface area contributed by atoms with Gasteiger partial charge in [-0.1, -0.05) is 67.9 Å². The molecule has 0 aliphatic carbocycles. The SMILES string of the molecule is CCCC(c1ccc(C(=O)c2ccccc2)cc1)n1ccnc1. The molecule has 1 heterocycles. The van der Waals surface area contributed by atoms with Gasteiger partial charge in [-0.3, -0.25) is 4.79 Å². The van der Waals surface area contributed by atoms with Crippen LogP contribution in [0.5, 0.6) is 0 Å². The molecule has 3 rings (SSSR count). The summed E-state index contributed by atoms with van der Waals surface area (Å²) in [6.45, 7) is 2.18. The maximum Gasteiger partial charge on any atom is 0.193 e. The lowest BCUT2D eigenvalue weighted by Crippen LogP contribution is -2.09. The van der Waals surface area contributed by atoms with Crippen LogP contribution in [-0.4, -0.2) is 15.3 Å². The van der Waals surface area contributed by atoms with Gasteiger partial charge in [-0.2, -0.15) is 0 Å². The summed E-state index contributed by atoms with van der Waals surface area (Å²) >= 11 is 0. The fourth-order valence-corrected chi connectivity index (χ4v) is 2.83. The molecular weight excluding hydrogens is 284 g/mol. The van der Waals surface area contributed by atoms with Crippen molar-refractivity contribution in [1.29, 1.82) is 0 Å². The molecule has 0 spiro atoms. The van der Waals surface area contributed by atoms with Crippen molar-refractivity contribution in [2.75, 3.05) is 0 Å². The Hall–Kier alpha value is -2.68. The quantitative estimate of drug-likeness (QED) is 0.628. The van der Waals surface area contributed by atoms with Gasteiger partial charge >= 0.3 is 0 Å². The summed E-state index contributed by atoms with van der Waals surface area (Å²) in [7, 11) is 0. The molecule has 0 aliphatic heterocycles. The highest BCUT2D eigenvalue weighted by atomic mass is 16.1. The van der Waals surface area contributed by atoms with Gasteiger partial charge in [0.05, 0.1) is 12.4 Å². The van der Waals surface area contributed by atoms with E-state index in [1.807, 2.05) is 55.0 Å². The normalized spacial score (nSPS) is 12.0. The van der Waals surface area contributed by atoms with Gasteiger partial charge in [-0.05, 0) is 12.0 Å². The first-order chi connectivity index (χ1) is 11.3. The zero-order valence-electron chi connectivity index (χ0n) is 13.2. The van der Waals surface area contributed by atoms with E-state index in [1.54, 1.807) is 6.20 Å². The zero-order chi connectivity index (χ0) is 16.1. The number of hydrogen-bond acceptors (Lipinski definition) is 2. The monoisotopic (exact) mass is 304 g/mol. The van der Waals surface area contributed by atoms with E-state index >= 15 is 0 Å². The van der Waals surface area contributed by atoms with E-state index < -0.39 is 0 Å². The van der Waals surface area contributed by atoms with Crippen molar-refractivity contribution in [3.8, 4) is 0 Å². The molecular formula is C20H20N2O. The number of hydrogen-bond donors (Lipinski definition) is 0. The number of benzene rings is 2. The summed E-state index contributed by atoms with van der Waals surface area (Å²) in [5.41, 5.74) is 2.65. The maximum atomic E-state index is 12.5. The van der Waals surface area contributed by atoms with Crippen molar-refractivity contribution in [2.24, 2.45) is 0 Å². The van der Waals surface area contributed by atoms with Crippen LogP contribution in [0.3, 0.4) is 0 Å². The molecule has 3 nitrogen and oxygen atoms in total. The van der Waals surface area contributed by atoms with E-state index in [0.29, 0.717) is 0 Å². The minimum Gasteiger partial charge on any atom is -0.330 e. The van der Waals surface area contributed by atoms with Gasteiger partial charge in [0.1, 0.15) is 0 Å². The smallest absolute Gasteiger partial charge is 0.193 e. The number of nitrogens with zero attached hydrogens (tertiary/aromatic N) is 2. The summed E-state index contributed by atoms with van der Waals surface area (Å²) in [6, 6.07) is 17.6. The molecule has 0 saturated carbocycles. The highest BCUT2D eigenvalue weighted by Gasteiger charge is 2.14. The Balaban J connectivity index is 1.85. The molecule has 0 amide bonds. The molecule has 0 radical (unpaired) electrons. The lowest BCUT2D eigenvalue weighted by atomic mass is 9.97. The fourth-order valence-electron chi connectivity index (χ4n) is 2.83. The molecule has 0 N–H and O–H groups in total. The topological polar surface area (TPSA) is 34.9 Å². The van der Waals surface area contributed by atoms with Crippen molar-refractivity contribution in [2.45, 2.75) is 25.8 Å². The third-order valence-corrected chi connectivity index (χ3v) is 4.04. The molecule has 3 heteroatoms. The van der Waals surface area contributed by atoms with Crippen LogP contribution in [0.15, 0.2) is 73.3 Å². The zero-order valence-corrected chi connectivity index (χ0v) is 13.2. The third kappa shape index (κ3) is 3.39. The second-order valence-corrected chi connectivity index (χ2v) is 5.63. The van der Waals surface area contributed by atoms with Crippen molar-refractivity contribution in [1.82, 2.24) is 9.55 Å². The van der Waals surface area contributed by atoms with Gasteiger partial charge in [0, 0.05) is 23.5 Å². The summed E-state index contributed by atoms with van der Waals surface area (Å²) in [5, 5.41) is 0. The van der Waals surface area contributed by atoms with Crippen LogP contribution in [0.1, 0.15) is 47.3 Å². The molecule has 1 aromatic heterocycles. The van der Waals surface area contributed by atoms with E-state index in [4.69, 9.17) is 0 Å². The summed E-state index contributed by atoms with van der Waals surface area (Å²) in [6.07, 6.45) is 7.78. The van der Waals surface area contributed by atoms with Gasteiger partial charge < -0.3 is 4.57 Å². The predicted molar refractivity (Wildman–Crippen MR) is 91.6 cm³/mol. The summed E-state index contributed by atoms with van der Waals surface area (Å²) in [5.74, 6) is 0.0619. The lowest BCUT2D eigenvalue weighted by molar-refractivity contribution is 0.103. The molecule has 3 aromatic rings. The Bertz CT molecular complexity index is 746. The maximum absolute atomic E-state index is 12.5. The average Bonchev–Trinajstić information content (AvgIpc) is 3.14. The second-order valence-electron chi connectivity index (χ2n) is 5.63. The first-order valence-electron chi connectivity index (χ1n) is 7.96. The van der Waals surface area contributed by atoms with Crippen LogP contribution >= 0.6 is 0 Å². The van der Waals surface area contributed by atoms with E-state index in [9.17, 15) is 4.79 Å². The Morgan fingerprint density at radius 3 is 2.35 bits per heavy atom. The first kappa shape index (κ1) is 15.2. The Morgan fingerprint density at radius 2 is 1.74 bits per heavy atom. The molecule has 0 aliphatic rings. The van der Waals surface area contributed by atoms with Crippen LogP contribution in [0.4, 0.5) is 0 Å². The average molecular weight is 304 g/mol. The van der Waals surface area contributed by atoms with Crippen molar-refractivity contribution >= 4 is 5.78 Å². The van der Waals surface area contributed by atoms with Gasteiger partial charge in [0.25, 0.3) is 0 Å². The highest BCUT2D eigenvalue weighted by molar-refractivity contribution is 6.08. The van der Waals surface area contributed by atoms with Gasteiger partial charge in [-0.25, -0.2) is 4.98 Å². The molecule has 2 aromatic carbocycles. The number of carbonyl (C=O) groups is 1. The minimum absolute atomic E-state index is 0.0619. The van der Waals surface area contributed by atoms with Crippen LogP contribution in [-0.2, 0) is 0 Å². The molecule has 23 heavy (non-hydrogen) atoms.